The summed E-state index contributed by atoms with van der Waals surface area (Å²) in [6, 6.07) is 10.6. The van der Waals surface area contributed by atoms with Crippen LogP contribution >= 0.6 is 0 Å². The summed E-state index contributed by atoms with van der Waals surface area (Å²) in [7, 11) is 1.69. The fourth-order valence-corrected chi connectivity index (χ4v) is 5.11. The maximum absolute atomic E-state index is 6.12. The summed E-state index contributed by atoms with van der Waals surface area (Å²) in [5.74, 6) is 3.38. The summed E-state index contributed by atoms with van der Waals surface area (Å²) < 4.78 is 13.7. The largest absolute Gasteiger partial charge is 0.493 e. The van der Waals surface area contributed by atoms with Crippen molar-refractivity contribution in [3.05, 3.63) is 60.3 Å². The molecule has 0 saturated carbocycles. The molecule has 0 radical (unpaired) electrons. The normalized spacial score (nSPS) is 17.1. The summed E-state index contributed by atoms with van der Waals surface area (Å²) in [6.45, 7) is 6.18. The molecule has 35 heavy (non-hydrogen) atoms. The molecule has 8 heteroatoms. The third-order valence-corrected chi connectivity index (χ3v) is 7.04. The third kappa shape index (κ3) is 6.11. The molecule has 0 amide bonds. The van der Waals surface area contributed by atoms with Crippen molar-refractivity contribution < 1.29 is 9.47 Å². The van der Waals surface area contributed by atoms with Gasteiger partial charge in [-0.05, 0) is 75.0 Å². The number of rotatable bonds is 10. The molecule has 0 aliphatic carbocycles. The first-order valence-electron chi connectivity index (χ1n) is 12.9. The van der Waals surface area contributed by atoms with Crippen LogP contribution in [0.25, 0.3) is 0 Å². The number of methoxy groups -OCH3 is 1. The lowest BCUT2D eigenvalue weighted by Gasteiger charge is -2.32. The van der Waals surface area contributed by atoms with Crippen molar-refractivity contribution in [1.82, 2.24) is 24.6 Å². The van der Waals surface area contributed by atoms with Crippen molar-refractivity contribution in [3.63, 3.8) is 0 Å². The smallest absolute Gasteiger partial charge is 0.161 e. The number of anilines is 1. The van der Waals surface area contributed by atoms with Crippen LogP contribution in [0.1, 0.15) is 49.5 Å². The van der Waals surface area contributed by atoms with E-state index in [4.69, 9.17) is 14.5 Å². The molecule has 0 bridgehead atoms. The lowest BCUT2D eigenvalue weighted by molar-refractivity contribution is 0.254. The van der Waals surface area contributed by atoms with Crippen LogP contribution in [0.3, 0.4) is 0 Å². The van der Waals surface area contributed by atoms with E-state index in [1.54, 1.807) is 7.11 Å². The molecule has 0 unspecified atom stereocenters. The second-order valence-electron chi connectivity index (χ2n) is 9.45. The van der Waals surface area contributed by atoms with Gasteiger partial charge in [-0.1, -0.05) is 6.07 Å². The van der Waals surface area contributed by atoms with Crippen LogP contribution < -0.4 is 14.4 Å². The molecule has 2 fully saturated rings. The van der Waals surface area contributed by atoms with Crippen LogP contribution in [0, 0.1) is 0 Å². The van der Waals surface area contributed by atoms with Crippen LogP contribution in [0.4, 0.5) is 5.82 Å². The lowest BCUT2D eigenvalue weighted by atomic mass is 10.1. The van der Waals surface area contributed by atoms with Crippen LogP contribution in [0.15, 0.2) is 48.9 Å². The van der Waals surface area contributed by atoms with E-state index in [9.17, 15) is 0 Å². The molecule has 8 nitrogen and oxygen atoms in total. The Bertz CT molecular complexity index is 1060. The quantitative estimate of drug-likeness (QED) is 0.410. The van der Waals surface area contributed by atoms with Gasteiger partial charge in [0.1, 0.15) is 11.6 Å². The number of piperidine rings is 1. The topological polar surface area (TPSA) is 68.5 Å². The molecular weight excluding hydrogens is 440 g/mol. The van der Waals surface area contributed by atoms with Gasteiger partial charge in [-0.15, -0.1) is 0 Å². The van der Waals surface area contributed by atoms with Crippen molar-refractivity contribution in [2.45, 2.75) is 44.6 Å². The van der Waals surface area contributed by atoms with Gasteiger partial charge in [0.25, 0.3) is 0 Å². The van der Waals surface area contributed by atoms with E-state index >= 15 is 0 Å². The van der Waals surface area contributed by atoms with Gasteiger partial charge in [-0.2, -0.15) is 5.10 Å². The Morgan fingerprint density at radius 3 is 2.63 bits per heavy atom. The highest BCUT2D eigenvalue weighted by molar-refractivity contribution is 5.44. The lowest BCUT2D eigenvalue weighted by Crippen LogP contribution is -2.35. The summed E-state index contributed by atoms with van der Waals surface area (Å²) >= 11 is 0. The molecule has 0 atom stereocenters. The van der Waals surface area contributed by atoms with Crippen LogP contribution in [0.2, 0.25) is 0 Å². The summed E-state index contributed by atoms with van der Waals surface area (Å²) in [5, 5.41) is 4.41. The zero-order valence-electron chi connectivity index (χ0n) is 20.7. The van der Waals surface area contributed by atoms with Gasteiger partial charge >= 0.3 is 0 Å². The zero-order valence-corrected chi connectivity index (χ0v) is 20.7. The van der Waals surface area contributed by atoms with E-state index in [1.165, 1.54) is 25.9 Å². The summed E-state index contributed by atoms with van der Waals surface area (Å²) in [6.07, 6.45) is 12.2. The van der Waals surface area contributed by atoms with Crippen molar-refractivity contribution in [2.75, 3.05) is 51.3 Å². The van der Waals surface area contributed by atoms with Gasteiger partial charge in [-0.3, -0.25) is 4.68 Å². The van der Waals surface area contributed by atoms with Crippen LogP contribution in [0.5, 0.6) is 11.5 Å². The Morgan fingerprint density at radius 1 is 1.00 bits per heavy atom. The third-order valence-electron chi connectivity index (χ3n) is 7.04. The van der Waals surface area contributed by atoms with Gasteiger partial charge in [-0.25, -0.2) is 9.97 Å². The second-order valence-corrected chi connectivity index (χ2v) is 9.45. The molecule has 0 N–H and O–H groups in total. The van der Waals surface area contributed by atoms with Gasteiger partial charge in [0, 0.05) is 44.6 Å². The highest BCUT2D eigenvalue weighted by Gasteiger charge is 2.22. The first-order chi connectivity index (χ1) is 17.3. The SMILES string of the molecule is COc1ccc(Cc2nccc(N3CCC(n4cccn4)CC3)n2)cc1OCCCN1CCCC1. The fraction of sp³-hybridized carbons (Fsp3) is 0.519. The number of nitrogens with zero attached hydrogens (tertiary/aromatic N) is 6. The van der Waals surface area contributed by atoms with E-state index in [-0.39, 0.29) is 0 Å². The Morgan fingerprint density at radius 2 is 1.86 bits per heavy atom. The maximum atomic E-state index is 6.12. The summed E-state index contributed by atoms with van der Waals surface area (Å²) in [4.78, 5) is 14.3. The number of ether oxygens (including phenoxy) is 2. The molecule has 1 aromatic carbocycles. The average molecular weight is 477 g/mol. The standard InChI is InChI=1S/C27H36N6O2/c1-34-24-7-6-22(20-25(24)35-19-5-15-31-13-2-3-14-31)21-26-28-12-8-27(30-26)32-17-9-23(10-18-32)33-16-4-11-29-33/h4,6-8,11-12,16,20,23H,2-3,5,9-10,13-15,17-19,21H2,1H3. The minimum atomic E-state index is 0.468. The Labute approximate surface area is 207 Å². The minimum Gasteiger partial charge on any atom is -0.493 e. The molecule has 2 aliphatic heterocycles. The van der Waals surface area contributed by atoms with E-state index in [0.717, 1.165) is 67.6 Å². The highest BCUT2D eigenvalue weighted by Crippen LogP contribution is 2.29. The maximum Gasteiger partial charge on any atom is 0.161 e. The molecular formula is C27H36N6O2. The predicted molar refractivity (Wildman–Crippen MR) is 136 cm³/mol. The predicted octanol–water partition coefficient (Wildman–Crippen LogP) is 3.98. The van der Waals surface area contributed by atoms with E-state index in [2.05, 4.69) is 42.9 Å². The number of likely N-dealkylation sites (tertiary alicyclic amines) is 1. The Balaban J connectivity index is 1.18. The molecule has 2 aliphatic rings. The van der Waals surface area contributed by atoms with Crippen molar-refractivity contribution in [3.8, 4) is 11.5 Å². The zero-order chi connectivity index (χ0) is 23.9. The number of aromatic nitrogens is 4. The highest BCUT2D eigenvalue weighted by atomic mass is 16.5. The van der Waals surface area contributed by atoms with Gasteiger partial charge in [0.15, 0.2) is 11.5 Å². The van der Waals surface area contributed by atoms with Crippen molar-refractivity contribution >= 4 is 5.82 Å². The Hall–Kier alpha value is -3.13. The molecule has 3 aromatic rings. The van der Waals surface area contributed by atoms with Gasteiger partial charge in [0.2, 0.25) is 0 Å². The van der Waals surface area contributed by atoms with E-state index in [1.807, 2.05) is 30.6 Å². The number of hydrogen-bond donors (Lipinski definition) is 0. The van der Waals surface area contributed by atoms with Crippen molar-refractivity contribution in [1.29, 1.82) is 0 Å². The number of benzene rings is 1. The molecule has 5 rings (SSSR count). The second kappa shape index (κ2) is 11.5. The molecule has 2 aromatic heterocycles. The first kappa shape index (κ1) is 23.6. The van der Waals surface area contributed by atoms with Gasteiger partial charge in [0.05, 0.1) is 19.8 Å². The molecule has 4 heterocycles. The number of hydrogen-bond acceptors (Lipinski definition) is 7. The average Bonchev–Trinajstić information content (AvgIpc) is 3.62. The minimum absolute atomic E-state index is 0.468. The van der Waals surface area contributed by atoms with Crippen LogP contribution in [-0.4, -0.2) is 71.1 Å². The molecule has 0 spiro atoms. The summed E-state index contributed by atoms with van der Waals surface area (Å²) in [5.41, 5.74) is 1.12. The fourth-order valence-electron chi connectivity index (χ4n) is 5.11. The van der Waals surface area contributed by atoms with Crippen LogP contribution in [-0.2, 0) is 6.42 Å². The van der Waals surface area contributed by atoms with E-state index in [0.29, 0.717) is 19.1 Å². The Kier molecular flexibility index (Phi) is 7.78. The molecule has 2 saturated heterocycles. The first-order valence-corrected chi connectivity index (χ1v) is 12.9. The molecule has 186 valence electrons. The monoisotopic (exact) mass is 476 g/mol. The van der Waals surface area contributed by atoms with Crippen molar-refractivity contribution in [2.24, 2.45) is 0 Å². The van der Waals surface area contributed by atoms with Gasteiger partial charge < -0.3 is 19.3 Å². The van der Waals surface area contributed by atoms with E-state index < -0.39 is 0 Å².